The number of fused-ring (bicyclic) bond motifs is 1. The zero-order valence-electron chi connectivity index (χ0n) is 28.5. The van der Waals surface area contributed by atoms with E-state index < -0.39 is 35.8 Å². The smallest absolute Gasteiger partial charge is 0.410 e. The van der Waals surface area contributed by atoms with E-state index in [4.69, 9.17) is 14.2 Å². The summed E-state index contributed by atoms with van der Waals surface area (Å²) < 4.78 is 19.6. The van der Waals surface area contributed by atoms with Gasteiger partial charge in [-0.2, -0.15) is 0 Å². The van der Waals surface area contributed by atoms with Gasteiger partial charge in [0.25, 0.3) is 0 Å². The maximum atomic E-state index is 13.3. The number of cyclic esters (lactones) is 1. The molecule has 0 radical (unpaired) electrons. The quantitative estimate of drug-likeness (QED) is 0.234. The highest BCUT2D eigenvalue weighted by Gasteiger charge is 2.49. The minimum absolute atomic E-state index is 0.135. The van der Waals surface area contributed by atoms with Crippen molar-refractivity contribution >= 4 is 17.8 Å². The van der Waals surface area contributed by atoms with Crippen LogP contribution in [0.2, 0.25) is 0 Å². The molecule has 2 aromatic heterocycles. The molecule has 0 saturated carbocycles. The topological polar surface area (TPSA) is 138 Å². The Bertz CT molecular complexity index is 1310. The molecule has 2 fully saturated rings. The Morgan fingerprint density at radius 1 is 1.02 bits per heavy atom. The van der Waals surface area contributed by atoms with Gasteiger partial charge in [-0.25, -0.2) is 4.79 Å². The number of hydrogen-bond acceptors (Lipinski definition) is 10. The van der Waals surface area contributed by atoms with Crippen molar-refractivity contribution in [3.05, 3.63) is 30.6 Å². The molecule has 1 amide bonds. The zero-order chi connectivity index (χ0) is 33.4. The van der Waals surface area contributed by atoms with E-state index in [0.717, 1.165) is 37.1 Å². The first-order chi connectivity index (χ1) is 22.0. The van der Waals surface area contributed by atoms with Crippen molar-refractivity contribution in [1.82, 2.24) is 30.2 Å². The number of esters is 1. The van der Waals surface area contributed by atoms with Crippen LogP contribution >= 0.6 is 0 Å². The predicted octanol–water partition coefficient (Wildman–Crippen LogP) is 4.68. The van der Waals surface area contributed by atoms with Crippen LogP contribution in [0.4, 0.5) is 4.79 Å². The molecule has 0 unspecified atom stereocenters. The number of ketones is 1. The standard InChI is InChI=1S/C34H52N6O6/c1-8-28-31-29(25(5)36-20-22(2)18-34(6,44-7)19-23(3)30(41)24(4)32(42)45-28)40(33(43)46-31)17-13-9-12-16-39-21-27(37-38-39)26-14-10-11-15-35-26/h10-11,14-15,21-25,28-29,31,36H,8-9,12-13,16-20H2,1-7H3/t22-,23-,24-,25-,28+,29-,31-,34-/m1/s1. The molecule has 8 atom stereocenters. The third-order valence-corrected chi connectivity index (χ3v) is 9.53. The first-order valence-corrected chi connectivity index (χ1v) is 16.8. The average Bonchev–Trinajstić information content (AvgIpc) is 3.65. The Hall–Kier alpha value is -3.38. The lowest BCUT2D eigenvalue weighted by Gasteiger charge is -2.35. The first-order valence-electron chi connectivity index (χ1n) is 16.8. The number of aromatic nitrogens is 4. The van der Waals surface area contributed by atoms with Crippen molar-refractivity contribution in [2.24, 2.45) is 17.8 Å². The normalized spacial score (nSPS) is 31.5. The number of nitrogens with zero attached hydrogens (tertiary/aromatic N) is 5. The molecule has 2 aliphatic rings. The summed E-state index contributed by atoms with van der Waals surface area (Å²) >= 11 is 0. The Morgan fingerprint density at radius 3 is 2.48 bits per heavy atom. The lowest BCUT2D eigenvalue weighted by molar-refractivity contribution is -0.162. The van der Waals surface area contributed by atoms with E-state index >= 15 is 0 Å². The number of Topliss-reactive ketones (excluding diaryl/α,β-unsaturated/α-hetero) is 1. The van der Waals surface area contributed by atoms with Crippen LogP contribution in [0.3, 0.4) is 0 Å². The molecular formula is C34H52N6O6. The highest BCUT2D eigenvalue weighted by Crippen LogP contribution is 2.32. The van der Waals surface area contributed by atoms with Gasteiger partial charge >= 0.3 is 12.1 Å². The highest BCUT2D eigenvalue weighted by molar-refractivity contribution is 5.99. The molecule has 1 N–H and O–H groups in total. The van der Waals surface area contributed by atoms with Crippen molar-refractivity contribution in [2.75, 3.05) is 20.2 Å². The fourth-order valence-electron chi connectivity index (χ4n) is 6.91. The molecule has 4 rings (SSSR count). The number of unbranched alkanes of at least 4 members (excludes halogenated alkanes) is 2. The van der Waals surface area contributed by atoms with Crippen LogP contribution in [-0.2, 0) is 30.3 Å². The number of amides is 1. The fraction of sp³-hybridized carbons (Fsp3) is 0.706. The van der Waals surface area contributed by atoms with E-state index in [-0.39, 0.29) is 29.7 Å². The lowest BCUT2D eigenvalue weighted by atomic mass is 9.81. The fourth-order valence-corrected chi connectivity index (χ4v) is 6.91. The number of methoxy groups -OCH3 is 1. The summed E-state index contributed by atoms with van der Waals surface area (Å²) in [6, 6.07) is 5.21. The van der Waals surface area contributed by atoms with Crippen LogP contribution in [0.25, 0.3) is 11.4 Å². The second-order valence-electron chi connectivity index (χ2n) is 13.4. The number of pyridine rings is 1. The molecule has 12 nitrogen and oxygen atoms in total. The Balaban J connectivity index is 1.44. The van der Waals surface area contributed by atoms with Gasteiger partial charge in [-0.3, -0.25) is 24.2 Å². The van der Waals surface area contributed by atoms with E-state index in [2.05, 4.69) is 34.5 Å². The SMILES string of the molecule is CC[C@@H]1OC(=O)[C@H](C)C(=O)[C@H](C)C[C@](C)(OC)C[C@@H](C)CN[C@H](C)[C@@H]2[C@@H]1OC(=O)N2CCCCCn1cc(-c2ccccn2)nn1. The van der Waals surface area contributed by atoms with E-state index in [1.54, 1.807) is 25.1 Å². The maximum Gasteiger partial charge on any atom is 0.410 e. The van der Waals surface area contributed by atoms with E-state index in [1.165, 1.54) is 0 Å². The van der Waals surface area contributed by atoms with Crippen LogP contribution < -0.4 is 5.32 Å². The van der Waals surface area contributed by atoms with Crippen molar-refractivity contribution < 1.29 is 28.6 Å². The molecular weight excluding hydrogens is 588 g/mol. The summed E-state index contributed by atoms with van der Waals surface area (Å²) in [4.78, 5) is 46.0. The molecule has 254 valence electrons. The molecule has 0 aromatic carbocycles. The summed E-state index contributed by atoms with van der Waals surface area (Å²) in [5.41, 5.74) is 0.992. The zero-order valence-corrected chi connectivity index (χ0v) is 28.5. The molecule has 2 aromatic rings. The molecule has 0 bridgehead atoms. The number of carbonyl (C=O) groups is 3. The Morgan fingerprint density at radius 2 is 1.78 bits per heavy atom. The molecule has 2 aliphatic heterocycles. The molecule has 0 aliphatic carbocycles. The number of nitrogens with one attached hydrogen (secondary N) is 1. The molecule has 2 saturated heterocycles. The molecule has 0 spiro atoms. The van der Waals surface area contributed by atoms with E-state index in [1.807, 2.05) is 49.8 Å². The van der Waals surface area contributed by atoms with Crippen molar-refractivity contribution in [3.63, 3.8) is 0 Å². The van der Waals surface area contributed by atoms with Gasteiger partial charge in [0.1, 0.15) is 23.5 Å². The molecule has 12 heteroatoms. The number of aryl methyl sites for hydroxylation is 1. The van der Waals surface area contributed by atoms with Crippen molar-refractivity contribution in [3.8, 4) is 11.4 Å². The number of ether oxygens (including phenoxy) is 3. The van der Waals surface area contributed by atoms with Crippen molar-refractivity contribution in [2.45, 2.75) is 117 Å². The van der Waals surface area contributed by atoms with Crippen molar-refractivity contribution in [1.29, 1.82) is 0 Å². The Kier molecular flexibility index (Phi) is 12.3. The van der Waals surface area contributed by atoms with Gasteiger partial charge in [0.15, 0.2) is 6.10 Å². The average molecular weight is 641 g/mol. The molecule has 4 heterocycles. The highest BCUT2D eigenvalue weighted by atomic mass is 16.6. The monoisotopic (exact) mass is 640 g/mol. The van der Waals surface area contributed by atoms with Gasteiger partial charge in [0.05, 0.1) is 23.5 Å². The maximum absolute atomic E-state index is 13.3. The summed E-state index contributed by atoms with van der Waals surface area (Å²) in [6.07, 6.45) is 6.10. The summed E-state index contributed by atoms with van der Waals surface area (Å²) in [5, 5.41) is 12.1. The third kappa shape index (κ3) is 8.70. The van der Waals surface area contributed by atoms with Gasteiger partial charge < -0.3 is 19.5 Å². The van der Waals surface area contributed by atoms with Gasteiger partial charge in [-0.1, -0.05) is 32.1 Å². The summed E-state index contributed by atoms with van der Waals surface area (Å²) in [7, 11) is 1.67. The van der Waals surface area contributed by atoms with Gasteiger partial charge in [0.2, 0.25) is 0 Å². The van der Waals surface area contributed by atoms with Crippen LogP contribution in [0.5, 0.6) is 0 Å². The van der Waals surface area contributed by atoms with Gasteiger partial charge in [-0.05, 0) is 83.9 Å². The first kappa shape index (κ1) is 35.5. The second-order valence-corrected chi connectivity index (χ2v) is 13.4. The number of rotatable bonds is 9. The summed E-state index contributed by atoms with van der Waals surface area (Å²) in [6.45, 7) is 13.5. The number of carbonyl (C=O) groups excluding carboxylic acids is 3. The van der Waals surface area contributed by atoms with Gasteiger partial charge in [0, 0.05) is 38.4 Å². The minimum Gasteiger partial charge on any atom is -0.458 e. The van der Waals surface area contributed by atoms with E-state index in [9.17, 15) is 14.4 Å². The summed E-state index contributed by atoms with van der Waals surface area (Å²) in [5.74, 6) is -1.83. The minimum atomic E-state index is -0.931. The largest absolute Gasteiger partial charge is 0.458 e. The number of hydrogen-bond donors (Lipinski definition) is 1. The second kappa shape index (κ2) is 15.9. The predicted molar refractivity (Wildman–Crippen MR) is 173 cm³/mol. The van der Waals surface area contributed by atoms with Crippen LogP contribution in [0.15, 0.2) is 30.6 Å². The lowest BCUT2D eigenvalue weighted by Crippen LogP contribution is -2.54. The van der Waals surface area contributed by atoms with Gasteiger partial charge in [-0.15, -0.1) is 5.10 Å². The third-order valence-electron chi connectivity index (χ3n) is 9.53. The van der Waals surface area contributed by atoms with Crippen LogP contribution in [0, 0.1) is 17.8 Å². The molecule has 46 heavy (non-hydrogen) atoms. The van der Waals surface area contributed by atoms with Crippen LogP contribution in [0.1, 0.15) is 80.1 Å². The van der Waals surface area contributed by atoms with Crippen LogP contribution in [-0.4, -0.2) is 92.8 Å². The van der Waals surface area contributed by atoms with E-state index in [0.29, 0.717) is 32.5 Å². The Labute approximate surface area is 272 Å².